The molecule has 1 aromatic rings. The van der Waals surface area contributed by atoms with E-state index < -0.39 is 0 Å². The van der Waals surface area contributed by atoms with Gasteiger partial charge < -0.3 is 25.0 Å². The van der Waals surface area contributed by atoms with Gasteiger partial charge in [-0.2, -0.15) is 5.26 Å². The first-order valence-electron chi connectivity index (χ1n) is 8.33. The summed E-state index contributed by atoms with van der Waals surface area (Å²) in [7, 11) is 0. The Morgan fingerprint density at radius 1 is 1.38 bits per heavy atom. The largest absolute Gasteiger partial charge is 0.492 e. The number of carbonyl (C=O) groups is 2. The molecule has 1 aliphatic heterocycles. The molecule has 2 N–H and O–H groups in total. The van der Waals surface area contributed by atoms with E-state index in [4.69, 9.17) is 9.47 Å². The monoisotopic (exact) mass is 358 g/mol. The molecule has 0 radical (unpaired) electrons. The van der Waals surface area contributed by atoms with E-state index in [1.54, 1.807) is 23.1 Å². The Balaban J connectivity index is 2.13. The maximum Gasteiger partial charge on any atom is 0.266 e. The third kappa shape index (κ3) is 5.22. The normalized spacial score (nSPS) is 14.3. The van der Waals surface area contributed by atoms with Crippen molar-refractivity contribution in [2.24, 2.45) is 0 Å². The maximum absolute atomic E-state index is 12.4. The van der Waals surface area contributed by atoms with Crippen LogP contribution in [0.5, 0.6) is 5.75 Å². The summed E-state index contributed by atoms with van der Waals surface area (Å²) in [6.45, 7) is 5.58. The lowest BCUT2D eigenvalue weighted by Gasteiger charge is -2.26. The molecule has 0 saturated carbocycles. The van der Waals surface area contributed by atoms with Crippen LogP contribution in [0.3, 0.4) is 0 Å². The minimum Gasteiger partial charge on any atom is -0.492 e. The summed E-state index contributed by atoms with van der Waals surface area (Å²) in [5.74, 6) is -0.0308. The molecule has 0 unspecified atom stereocenters. The number of anilines is 2. The number of benzene rings is 1. The van der Waals surface area contributed by atoms with E-state index in [1.165, 1.54) is 13.1 Å². The molecule has 0 bridgehead atoms. The molecular weight excluding hydrogens is 336 g/mol. The Labute approximate surface area is 152 Å². The van der Waals surface area contributed by atoms with Gasteiger partial charge in [-0.05, 0) is 19.1 Å². The first kappa shape index (κ1) is 19.3. The van der Waals surface area contributed by atoms with E-state index >= 15 is 0 Å². The van der Waals surface area contributed by atoms with Crippen molar-refractivity contribution in [1.29, 1.82) is 5.26 Å². The SMILES string of the molecule is CCOc1cc(NC=C(C#N)C(=O)N2CCOCC2)ccc1NC(C)=O. The van der Waals surface area contributed by atoms with Crippen molar-refractivity contribution < 1.29 is 19.1 Å². The summed E-state index contributed by atoms with van der Waals surface area (Å²) in [4.78, 5) is 25.2. The second-order valence-corrected chi connectivity index (χ2v) is 5.54. The fourth-order valence-electron chi connectivity index (χ4n) is 2.41. The maximum atomic E-state index is 12.4. The van der Waals surface area contributed by atoms with Gasteiger partial charge in [0.1, 0.15) is 17.4 Å². The van der Waals surface area contributed by atoms with Gasteiger partial charge in [0.2, 0.25) is 5.91 Å². The van der Waals surface area contributed by atoms with Crippen LogP contribution in [-0.4, -0.2) is 49.6 Å². The van der Waals surface area contributed by atoms with Gasteiger partial charge in [-0.15, -0.1) is 0 Å². The van der Waals surface area contributed by atoms with Gasteiger partial charge in [-0.1, -0.05) is 0 Å². The molecule has 1 saturated heterocycles. The molecule has 8 heteroatoms. The first-order valence-corrected chi connectivity index (χ1v) is 8.33. The lowest BCUT2D eigenvalue weighted by molar-refractivity contribution is -0.130. The number of nitrogens with zero attached hydrogens (tertiary/aromatic N) is 2. The number of hydrogen-bond acceptors (Lipinski definition) is 6. The average molecular weight is 358 g/mol. The third-order valence-electron chi connectivity index (χ3n) is 3.62. The second kappa shape index (κ2) is 9.44. The van der Waals surface area contributed by atoms with Crippen LogP contribution in [-0.2, 0) is 14.3 Å². The summed E-state index contributed by atoms with van der Waals surface area (Å²) >= 11 is 0. The molecule has 1 heterocycles. The van der Waals surface area contributed by atoms with Gasteiger partial charge in [0.15, 0.2) is 0 Å². The van der Waals surface area contributed by atoms with Crippen LogP contribution in [0, 0.1) is 11.3 Å². The van der Waals surface area contributed by atoms with Crippen LogP contribution in [0.2, 0.25) is 0 Å². The Morgan fingerprint density at radius 3 is 2.73 bits per heavy atom. The molecule has 0 spiro atoms. The summed E-state index contributed by atoms with van der Waals surface area (Å²) in [6, 6.07) is 7.03. The van der Waals surface area contributed by atoms with E-state index in [-0.39, 0.29) is 17.4 Å². The number of nitrogens with one attached hydrogen (secondary N) is 2. The lowest BCUT2D eigenvalue weighted by atomic mass is 10.2. The van der Waals surface area contributed by atoms with Gasteiger partial charge in [-0.25, -0.2) is 0 Å². The average Bonchev–Trinajstić information content (AvgIpc) is 2.64. The van der Waals surface area contributed by atoms with E-state index in [9.17, 15) is 14.9 Å². The zero-order chi connectivity index (χ0) is 18.9. The van der Waals surface area contributed by atoms with Gasteiger partial charge in [0.05, 0.1) is 25.5 Å². The fourth-order valence-corrected chi connectivity index (χ4v) is 2.41. The van der Waals surface area contributed by atoms with Crippen LogP contribution < -0.4 is 15.4 Å². The topological polar surface area (TPSA) is 104 Å². The molecular formula is C18H22N4O4. The van der Waals surface area contributed by atoms with E-state index in [1.807, 2.05) is 13.0 Å². The summed E-state index contributed by atoms with van der Waals surface area (Å²) in [6.07, 6.45) is 1.38. The number of ether oxygens (including phenoxy) is 2. The van der Waals surface area contributed by atoms with Gasteiger partial charge in [0, 0.05) is 38.0 Å². The predicted octanol–water partition coefficient (Wildman–Crippen LogP) is 1.72. The summed E-state index contributed by atoms with van der Waals surface area (Å²) in [5.41, 5.74) is 1.19. The van der Waals surface area contributed by atoms with Crippen LogP contribution in [0.1, 0.15) is 13.8 Å². The number of nitriles is 1. The molecule has 0 aliphatic carbocycles. The smallest absolute Gasteiger partial charge is 0.266 e. The Morgan fingerprint density at radius 2 is 2.12 bits per heavy atom. The number of amides is 2. The highest BCUT2D eigenvalue weighted by molar-refractivity contribution is 5.97. The zero-order valence-corrected chi connectivity index (χ0v) is 14.9. The highest BCUT2D eigenvalue weighted by atomic mass is 16.5. The highest BCUT2D eigenvalue weighted by Crippen LogP contribution is 2.28. The molecule has 1 fully saturated rings. The van der Waals surface area contributed by atoms with Crippen molar-refractivity contribution in [1.82, 2.24) is 4.90 Å². The number of hydrogen-bond donors (Lipinski definition) is 2. The number of rotatable bonds is 6. The second-order valence-electron chi connectivity index (χ2n) is 5.54. The molecule has 0 atom stereocenters. The van der Waals surface area contributed by atoms with Gasteiger partial charge in [-0.3, -0.25) is 9.59 Å². The van der Waals surface area contributed by atoms with Crippen LogP contribution >= 0.6 is 0 Å². The minimum absolute atomic E-state index is 0.01000. The quantitative estimate of drug-likeness (QED) is 0.593. The summed E-state index contributed by atoms with van der Waals surface area (Å²) in [5, 5.41) is 14.9. The van der Waals surface area contributed by atoms with Crippen molar-refractivity contribution in [3.05, 3.63) is 30.0 Å². The van der Waals surface area contributed by atoms with Gasteiger partial charge >= 0.3 is 0 Å². The van der Waals surface area contributed by atoms with E-state index in [0.29, 0.717) is 50.0 Å². The molecule has 1 aromatic carbocycles. The van der Waals surface area contributed by atoms with Crippen molar-refractivity contribution in [3.63, 3.8) is 0 Å². The molecule has 2 rings (SSSR count). The first-order chi connectivity index (χ1) is 12.5. The van der Waals surface area contributed by atoms with Crippen LogP contribution in [0.15, 0.2) is 30.0 Å². The minimum atomic E-state index is -0.330. The van der Waals surface area contributed by atoms with Gasteiger partial charge in [0.25, 0.3) is 5.91 Å². The Hall–Kier alpha value is -3.05. The van der Waals surface area contributed by atoms with E-state index in [2.05, 4.69) is 10.6 Å². The summed E-state index contributed by atoms with van der Waals surface area (Å²) < 4.78 is 10.7. The fraction of sp³-hybridized carbons (Fsp3) is 0.389. The van der Waals surface area contributed by atoms with Crippen molar-refractivity contribution in [2.75, 3.05) is 43.5 Å². The van der Waals surface area contributed by atoms with Crippen LogP contribution in [0.4, 0.5) is 11.4 Å². The van der Waals surface area contributed by atoms with Crippen molar-refractivity contribution >= 4 is 23.2 Å². The Bertz CT molecular complexity index is 733. The third-order valence-corrected chi connectivity index (χ3v) is 3.62. The highest BCUT2D eigenvalue weighted by Gasteiger charge is 2.20. The lowest BCUT2D eigenvalue weighted by Crippen LogP contribution is -2.41. The molecule has 0 aromatic heterocycles. The number of morpholine rings is 1. The molecule has 138 valence electrons. The van der Waals surface area contributed by atoms with Crippen molar-refractivity contribution in [2.45, 2.75) is 13.8 Å². The molecule has 26 heavy (non-hydrogen) atoms. The Kier molecular flexibility index (Phi) is 7.00. The molecule has 8 nitrogen and oxygen atoms in total. The molecule has 2 amide bonds. The predicted molar refractivity (Wildman–Crippen MR) is 96.6 cm³/mol. The van der Waals surface area contributed by atoms with E-state index in [0.717, 1.165) is 0 Å². The van der Waals surface area contributed by atoms with Crippen molar-refractivity contribution in [3.8, 4) is 11.8 Å². The van der Waals surface area contributed by atoms with Crippen LogP contribution in [0.25, 0.3) is 0 Å². The zero-order valence-electron chi connectivity index (χ0n) is 14.9. The molecule has 1 aliphatic rings. The standard InChI is InChI=1S/C18H22N4O4/c1-3-26-17-10-15(4-5-16(17)21-13(2)23)20-12-14(11-19)18(24)22-6-8-25-9-7-22/h4-5,10,12,20H,3,6-9H2,1-2H3,(H,21,23). The number of carbonyl (C=O) groups excluding carboxylic acids is 2.